The van der Waals surface area contributed by atoms with Gasteiger partial charge in [-0.2, -0.15) is 0 Å². The minimum absolute atomic E-state index is 0.294. The first-order chi connectivity index (χ1) is 13.7. The van der Waals surface area contributed by atoms with Gasteiger partial charge in [-0.1, -0.05) is 48.4 Å². The van der Waals surface area contributed by atoms with Crippen LogP contribution in [0.15, 0.2) is 54.6 Å². The van der Waals surface area contributed by atoms with Crippen LogP contribution in [0.1, 0.15) is 37.7 Å². The maximum absolute atomic E-state index is 13.3. The number of Topliss-reactive ketones (excluding diaryl/α,β-unsaturated/α-hetero) is 1. The van der Waals surface area contributed by atoms with Gasteiger partial charge in [0.05, 0.1) is 18.6 Å². The van der Waals surface area contributed by atoms with E-state index < -0.39 is 0 Å². The summed E-state index contributed by atoms with van der Waals surface area (Å²) < 4.78 is 5.95. The van der Waals surface area contributed by atoms with Crippen LogP contribution in [0.3, 0.4) is 0 Å². The molecule has 4 heteroatoms. The third-order valence-corrected chi connectivity index (χ3v) is 6.59. The molecule has 0 N–H and O–H groups in total. The lowest BCUT2D eigenvalue weighted by Gasteiger charge is -2.43. The number of piperidine rings is 1. The predicted octanol–water partition coefficient (Wildman–Crippen LogP) is 5.12. The fraction of sp³-hybridized carbons (Fsp3) is 0.458. The molecule has 1 atom stereocenters. The Balaban J connectivity index is 1.35. The number of benzene rings is 2. The molecule has 4 rings (SSSR count). The van der Waals surface area contributed by atoms with Crippen molar-refractivity contribution in [1.82, 2.24) is 4.90 Å². The molecule has 0 radical (unpaired) electrons. The second-order valence-corrected chi connectivity index (χ2v) is 8.67. The number of para-hydroxylation sites is 1. The van der Waals surface area contributed by atoms with E-state index in [0.717, 1.165) is 61.7 Å². The van der Waals surface area contributed by atoms with Crippen molar-refractivity contribution in [2.75, 3.05) is 26.2 Å². The minimum Gasteiger partial charge on any atom is -0.493 e. The van der Waals surface area contributed by atoms with E-state index in [-0.39, 0.29) is 5.41 Å². The van der Waals surface area contributed by atoms with Gasteiger partial charge in [0, 0.05) is 17.5 Å². The largest absolute Gasteiger partial charge is 0.493 e. The summed E-state index contributed by atoms with van der Waals surface area (Å²) in [7, 11) is 0. The molecular weight excluding hydrogens is 370 g/mol. The van der Waals surface area contributed by atoms with Crippen molar-refractivity contribution in [3.8, 4) is 5.75 Å². The third kappa shape index (κ3) is 4.26. The molecule has 3 nitrogen and oxygen atoms in total. The second kappa shape index (κ2) is 8.67. The first-order valence-corrected chi connectivity index (χ1v) is 10.7. The van der Waals surface area contributed by atoms with Crippen molar-refractivity contribution in [3.05, 3.63) is 65.2 Å². The number of rotatable bonds is 7. The summed E-state index contributed by atoms with van der Waals surface area (Å²) in [6, 6.07) is 17.9. The van der Waals surface area contributed by atoms with Crippen molar-refractivity contribution in [3.63, 3.8) is 0 Å². The Bertz CT molecular complexity index is 786. The SMILES string of the molecule is O=C(CN1CCCC(COc2ccccc2)C1)C1(c2ccc(Cl)cc2)CCC1. The highest BCUT2D eigenvalue weighted by Crippen LogP contribution is 2.45. The zero-order valence-electron chi connectivity index (χ0n) is 16.3. The zero-order valence-corrected chi connectivity index (χ0v) is 17.0. The highest BCUT2D eigenvalue weighted by Gasteiger charge is 2.45. The average Bonchev–Trinajstić information content (AvgIpc) is 2.68. The Hall–Kier alpha value is -1.84. The van der Waals surface area contributed by atoms with Gasteiger partial charge in [0.15, 0.2) is 5.78 Å². The Morgan fingerprint density at radius 3 is 2.50 bits per heavy atom. The molecular formula is C24H28ClNO2. The monoisotopic (exact) mass is 397 g/mol. The van der Waals surface area contributed by atoms with Crippen LogP contribution in [-0.2, 0) is 10.2 Å². The van der Waals surface area contributed by atoms with Crippen LogP contribution in [0.5, 0.6) is 5.75 Å². The number of hydrogen-bond acceptors (Lipinski definition) is 3. The number of ether oxygens (including phenoxy) is 1. The van der Waals surface area contributed by atoms with Gasteiger partial charge >= 0.3 is 0 Å². The molecule has 0 amide bonds. The van der Waals surface area contributed by atoms with Crippen molar-refractivity contribution in [2.24, 2.45) is 5.92 Å². The van der Waals surface area contributed by atoms with Crippen LogP contribution in [-0.4, -0.2) is 36.9 Å². The highest BCUT2D eigenvalue weighted by atomic mass is 35.5. The third-order valence-electron chi connectivity index (χ3n) is 6.34. The first kappa shape index (κ1) is 19.5. The molecule has 0 bridgehead atoms. The molecule has 1 heterocycles. The molecule has 2 aromatic carbocycles. The smallest absolute Gasteiger partial charge is 0.157 e. The van der Waals surface area contributed by atoms with Crippen LogP contribution in [0.4, 0.5) is 0 Å². The van der Waals surface area contributed by atoms with Gasteiger partial charge in [-0.05, 0) is 62.1 Å². The lowest BCUT2D eigenvalue weighted by Crippen LogP contribution is -2.49. The molecule has 28 heavy (non-hydrogen) atoms. The summed E-state index contributed by atoms with van der Waals surface area (Å²) in [5.41, 5.74) is 0.840. The van der Waals surface area contributed by atoms with Crippen molar-refractivity contribution in [1.29, 1.82) is 0 Å². The van der Waals surface area contributed by atoms with Gasteiger partial charge in [0.25, 0.3) is 0 Å². The van der Waals surface area contributed by atoms with Crippen molar-refractivity contribution in [2.45, 2.75) is 37.5 Å². The number of ketones is 1. The summed E-state index contributed by atoms with van der Waals surface area (Å²) >= 11 is 6.04. The number of carbonyl (C=O) groups excluding carboxylic acids is 1. The standard InChI is InChI=1S/C24H28ClNO2/c25-21-11-9-20(10-12-21)24(13-5-14-24)23(27)17-26-15-4-6-19(16-26)18-28-22-7-2-1-3-8-22/h1-3,7-12,19H,4-6,13-18H2. The molecule has 2 aromatic rings. The van der Waals surface area contributed by atoms with Gasteiger partial charge in [-0.15, -0.1) is 0 Å². The number of nitrogens with zero attached hydrogens (tertiary/aromatic N) is 1. The van der Waals surface area contributed by atoms with Crippen LogP contribution < -0.4 is 4.74 Å². The fourth-order valence-electron chi connectivity index (χ4n) is 4.54. The molecule has 1 aliphatic carbocycles. The maximum Gasteiger partial charge on any atom is 0.157 e. The molecule has 1 saturated carbocycles. The van der Waals surface area contributed by atoms with E-state index in [9.17, 15) is 4.79 Å². The van der Waals surface area contributed by atoms with Crippen molar-refractivity contribution < 1.29 is 9.53 Å². The van der Waals surface area contributed by atoms with Crippen LogP contribution in [0.2, 0.25) is 5.02 Å². The normalized spacial score (nSPS) is 21.7. The summed E-state index contributed by atoms with van der Waals surface area (Å²) in [5.74, 6) is 1.77. The topological polar surface area (TPSA) is 29.5 Å². The average molecular weight is 398 g/mol. The summed E-state index contributed by atoms with van der Waals surface area (Å²) in [6.45, 7) is 3.21. The molecule has 1 aliphatic heterocycles. The van der Waals surface area contributed by atoms with E-state index in [1.165, 1.54) is 6.42 Å². The lowest BCUT2D eigenvalue weighted by atomic mass is 9.62. The zero-order chi connectivity index (χ0) is 19.4. The molecule has 2 fully saturated rings. The summed E-state index contributed by atoms with van der Waals surface area (Å²) in [5, 5.41) is 0.725. The molecule has 1 saturated heterocycles. The second-order valence-electron chi connectivity index (χ2n) is 8.23. The molecule has 0 spiro atoms. The Kier molecular flexibility index (Phi) is 6.03. The van der Waals surface area contributed by atoms with Crippen LogP contribution >= 0.6 is 11.6 Å². The van der Waals surface area contributed by atoms with Gasteiger partial charge in [0.1, 0.15) is 5.75 Å². The number of hydrogen-bond donors (Lipinski definition) is 0. The quantitative estimate of drug-likeness (QED) is 0.649. The van der Waals surface area contributed by atoms with E-state index in [4.69, 9.17) is 16.3 Å². The summed E-state index contributed by atoms with van der Waals surface area (Å²) in [4.78, 5) is 15.6. The predicted molar refractivity (Wildman–Crippen MR) is 113 cm³/mol. The number of halogens is 1. The number of carbonyl (C=O) groups is 1. The Morgan fingerprint density at radius 2 is 1.82 bits per heavy atom. The molecule has 1 unspecified atom stereocenters. The highest BCUT2D eigenvalue weighted by molar-refractivity contribution is 6.30. The Labute approximate surface area is 172 Å². The molecule has 0 aromatic heterocycles. The Morgan fingerprint density at radius 1 is 1.07 bits per heavy atom. The van der Waals surface area contributed by atoms with Gasteiger partial charge < -0.3 is 4.74 Å². The number of likely N-dealkylation sites (tertiary alicyclic amines) is 1. The van der Waals surface area contributed by atoms with Gasteiger partial charge in [0.2, 0.25) is 0 Å². The van der Waals surface area contributed by atoms with Gasteiger partial charge in [-0.25, -0.2) is 0 Å². The van der Waals surface area contributed by atoms with Gasteiger partial charge in [-0.3, -0.25) is 9.69 Å². The maximum atomic E-state index is 13.3. The van der Waals surface area contributed by atoms with Crippen LogP contribution in [0, 0.1) is 5.92 Å². The fourth-order valence-corrected chi connectivity index (χ4v) is 4.67. The van der Waals surface area contributed by atoms with Crippen molar-refractivity contribution >= 4 is 17.4 Å². The first-order valence-electron chi connectivity index (χ1n) is 10.4. The lowest BCUT2D eigenvalue weighted by molar-refractivity contribution is -0.129. The molecule has 148 valence electrons. The van der Waals surface area contributed by atoms with E-state index in [1.54, 1.807) is 0 Å². The van der Waals surface area contributed by atoms with E-state index in [0.29, 0.717) is 18.2 Å². The summed E-state index contributed by atoms with van der Waals surface area (Å²) in [6.07, 6.45) is 5.34. The van der Waals surface area contributed by atoms with E-state index >= 15 is 0 Å². The molecule has 2 aliphatic rings. The minimum atomic E-state index is -0.294. The van der Waals surface area contributed by atoms with Crippen LogP contribution in [0.25, 0.3) is 0 Å². The van der Waals surface area contributed by atoms with E-state index in [2.05, 4.69) is 4.90 Å². The van der Waals surface area contributed by atoms with E-state index in [1.807, 2.05) is 54.6 Å².